The lowest BCUT2D eigenvalue weighted by molar-refractivity contribution is -0.704. The van der Waals surface area contributed by atoms with Gasteiger partial charge in [-0.2, -0.15) is 0 Å². The summed E-state index contributed by atoms with van der Waals surface area (Å²) in [7, 11) is 0. The van der Waals surface area contributed by atoms with Crippen LogP contribution in [0.25, 0.3) is 0 Å². The maximum Gasteiger partial charge on any atom is 0.256 e. The van der Waals surface area contributed by atoms with E-state index >= 15 is 0 Å². The van der Waals surface area contributed by atoms with Crippen molar-refractivity contribution in [3.05, 3.63) is 18.2 Å². The fraction of sp³-hybridized carbons (Fsp3) is 0.946. The first-order chi connectivity index (χ1) is 28.8. The van der Waals surface area contributed by atoms with E-state index in [1.807, 2.05) is 0 Å². The first-order valence-corrected chi connectivity index (χ1v) is 27.9. The first-order valence-electron chi connectivity index (χ1n) is 27.9. The van der Waals surface area contributed by atoms with Crippen molar-refractivity contribution in [2.75, 3.05) is 0 Å². The highest BCUT2D eigenvalue weighted by atomic mass is 15.1. The number of rotatable bonds is 50. The first kappa shape index (κ1) is 55.2. The number of aromatic nitrogens is 2. The average Bonchev–Trinajstić information content (AvgIpc) is 3.62. The molecule has 58 heavy (non-hydrogen) atoms. The van der Waals surface area contributed by atoms with Crippen LogP contribution in [0, 0.1) is 0 Å². The van der Waals surface area contributed by atoms with Crippen LogP contribution in [-0.4, -0.2) is 4.57 Å². The topological polar surface area (TPSA) is 8.81 Å². The van der Waals surface area contributed by atoms with Gasteiger partial charge in [-0.1, -0.05) is 290 Å². The van der Waals surface area contributed by atoms with Crippen LogP contribution in [0.1, 0.15) is 328 Å². The third-order valence-corrected chi connectivity index (χ3v) is 13.6. The highest BCUT2D eigenvalue weighted by molar-refractivity contribution is 4.84. The zero-order valence-electron chi connectivity index (χ0n) is 40.9. The second kappa shape index (κ2) is 47.3. The van der Waals surface area contributed by atoms with Crippen LogP contribution < -0.4 is 4.57 Å². The molecule has 0 aliphatic heterocycles. The summed E-state index contributed by atoms with van der Waals surface area (Å²) in [4.78, 5) is 0. The average molecular weight is 813 g/mol. The van der Waals surface area contributed by atoms with Gasteiger partial charge >= 0.3 is 0 Å². The SMILES string of the molecule is CCCCCCCCCCCCCCCCCCn1cc[n+](CCCCCCCCCCCCCCCCCC)c1CCCCCCCCCCCCCCCCC. The van der Waals surface area contributed by atoms with Crippen molar-refractivity contribution in [2.24, 2.45) is 0 Å². The summed E-state index contributed by atoms with van der Waals surface area (Å²) in [5.41, 5.74) is 0. The van der Waals surface area contributed by atoms with E-state index in [2.05, 4.69) is 42.3 Å². The smallest absolute Gasteiger partial charge is 0.234 e. The van der Waals surface area contributed by atoms with Gasteiger partial charge in [0.05, 0.1) is 13.1 Å². The Labute approximate surface area is 368 Å². The predicted octanol–water partition coefficient (Wildman–Crippen LogP) is 19.7. The van der Waals surface area contributed by atoms with E-state index in [0.717, 1.165) is 0 Å². The molecule has 2 heteroatoms. The van der Waals surface area contributed by atoms with Crippen LogP contribution in [0.2, 0.25) is 0 Å². The number of nitrogens with zero attached hydrogens (tertiary/aromatic N) is 2. The maximum atomic E-state index is 2.67. The van der Waals surface area contributed by atoms with Gasteiger partial charge in [-0.3, -0.25) is 0 Å². The van der Waals surface area contributed by atoms with Gasteiger partial charge in [0.1, 0.15) is 12.4 Å². The highest BCUT2D eigenvalue weighted by Crippen LogP contribution is 2.18. The molecule has 344 valence electrons. The molecule has 1 aromatic heterocycles. The molecule has 0 unspecified atom stereocenters. The van der Waals surface area contributed by atoms with E-state index in [4.69, 9.17) is 0 Å². The largest absolute Gasteiger partial charge is 0.256 e. The van der Waals surface area contributed by atoms with Gasteiger partial charge in [0.25, 0.3) is 5.82 Å². The molecule has 1 aromatic rings. The lowest BCUT2D eigenvalue weighted by atomic mass is 10.0. The molecular formula is C56H111N2+. The molecule has 0 amide bonds. The molecule has 0 saturated heterocycles. The molecule has 0 aliphatic carbocycles. The summed E-state index contributed by atoms with van der Waals surface area (Å²) in [6.45, 7) is 9.42. The number of hydrogen-bond donors (Lipinski definition) is 0. The Balaban J connectivity index is 2.24. The van der Waals surface area contributed by atoms with Gasteiger partial charge in [0.2, 0.25) is 0 Å². The van der Waals surface area contributed by atoms with Crippen molar-refractivity contribution < 1.29 is 4.57 Å². The Bertz CT molecular complexity index is 834. The number of hydrogen-bond acceptors (Lipinski definition) is 0. The summed E-state index contributed by atoms with van der Waals surface area (Å²) in [5.74, 6) is 1.64. The van der Waals surface area contributed by atoms with Crippen molar-refractivity contribution >= 4 is 0 Å². The van der Waals surface area contributed by atoms with Gasteiger partial charge in [0, 0.05) is 6.42 Å². The van der Waals surface area contributed by atoms with Crippen molar-refractivity contribution in [1.29, 1.82) is 0 Å². The fourth-order valence-corrected chi connectivity index (χ4v) is 9.51. The Morgan fingerprint density at radius 1 is 0.293 bits per heavy atom. The van der Waals surface area contributed by atoms with Crippen LogP contribution >= 0.6 is 0 Å². The van der Waals surface area contributed by atoms with Crippen LogP contribution in [-0.2, 0) is 19.5 Å². The number of unbranched alkanes of at least 4 members (excludes halogenated alkanes) is 44. The van der Waals surface area contributed by atoms with E-state index in [1.165, 1.54) is 321 Å². The molecule has 1 rings (SSSR count). The van der Waals surface area contributed by atoms with Crippen LogP contribution in [0.15, 0.2) is 12.4 Å². The van der Waals surface area contributed by atoms with Crippen LogP contribution in [0.3, 0.4) is 0 Å². The quantitative estimate of drug-likeness (QED) is 0.0458. The molecule has 0 aromatic carbocycles. The molecule has 0 aliphatic rings. The lowest BCUT2D eigenvalue weighted by Crippen LogP contribution is -2.37. The van der Waals surface area contributed by atoms with Gasteiger partial charge < -0.3 is 0 Å². The molecule has 1 heterocycles. The molecule has 0 bridgehead atoms. The summed E-state index contributed by atoms with van der Waals surface area (Å²) in [5, 5.41) is 0. The van der Waals surface area contributed by atoms with E-state index < -0.39 is 0 Å². The summed E-state index contributed by atoms with van der Waals surface area (Å²) < 4.78 is 5.33. The Hall–Kier alpha value is -0.790. The number of aryl methyl sites for hydroxylation is 2. The van der Waals surface area contributed by atoms with Crippen molar-refractivity contribution in [3.63, 3.8) is 0 Å². The van der Waals surface area contributed by atoms with E-state index in [-0.39, 0.29) is 0 Å². The molecule has 2 nitrogen and oxygen atoms in total. The zero-order valence-corrected chi connectivity index (χ0v) is 40.9. The third-order valence-electron chi connectivity index (χ3n) is 13.6. The van der Waals surface area contributed by atoms with Crippen molar-refractivity contribution in [3.8, 4) is 0 Å². The van der Waals surface area contributed by atoms with Crippen LogP contribution in [0.4, 0.5) is 0 Å². The Kier molecular flexibility index (Phi) is 45.0. The summed E-state index contributed by atoms with van der Waals surface area (Å²) in [6.07, 6.45) is 74.3. The van der Waals surface area contributed by atoms with Crippen LogP contribution in [0.5, 0.6) is 0 Å². The second-order valence-corrected chi connectivity index (χ2v) is 19.4. The normalized spacial score (nSPS) is 11.7. The minimum Gasteiger partial charge on any atom is -0.234 e. The minimum atomic E-state index is 1.23. The van der Waals surface area contributed by atoms with E-state index in [0.29, 0.717) is 0 Å². The molecule has 0 N–H and O–H groups in total. The van der Waals surface area contributed by atoms with Crippen molar-refractivity contribution in [1.82, 2.24) is 4.57 Å². The standard InChI is InChI=1S/C56H111N2/c1-4-7-10-13-16-19-22-25-28-31-34-37-40-43-46-49-52-57-54-55-58(53-50-47-44-41-38-35-32-29-26-23-20-17-14-11-8-5-2)56(57)51-48-45-42-39-36-33-30-27-24-21-18-15-12-9-6-3/h54-55H,4-53H2,1-3H3/q+1. The molecule has 0 atom stereocenters. The summed E-state index contributed by atoms with van der Waals surface area (Å²) in [6, 6.07) is 0. The zero-order chi connectivity index (χ0) is 41.5. The Morgan fingerprint density at radius 3 is 0.828 bits per heavy atom. The maximum absolute atomic E-state index is 2.67. The fourth-order valence-electron chi connectivity index (χ4n) is 9.51. The number of imidazole rings is 1. The second-order valence-electron chi connectivity index (χ2n) is 19.4. The summed E-state index contributed by atoms with van der Waals surface area (Å²) >= 11 is 0. The van der Waals surface area contributed by atoms with Gasteiger partial charge in [0.15, 0.2) is 0 Å². The monoisotopic (exact) mass is 812 g/mol. The van der Waals surface area contributed by atoms with E-state index in [1.54, 1.807) is 5.82 Å². The van der Waals surface area contributed by atoms with Gasteiger partial charge in [-0.15, -0.1) is 0 Å². The van der Waals surface area contributed by atoms with Gasteiger partial charge in [-0.25, -0.2) is 9.13 Å². The molecule has 0 spiro atoms. The minimum absolute atomic E-state index is 1.23. The third kappa shape index (κ3) is 38.2. The molecule has 0 fully saturated rings. The highest BCUT2D eigenvalue weighted by Gasteiger charge is 2.16. The molecule has 0 saturated carbocycles. The Morgan fingerprint density at radius 2 is 0.534 bits per heavy atom. The van der Waals surface area contributed by atoms with E-state index in [9.17, 15) is 0 Å². The predicted molar refractivity (Wildman–Crippen MR) is 262 cm³/mol. The van der Waals surface area contributed by atoms with Crippen molar-refractivity contribution in [2.45, 2.75) is 342 Å². The molecule has 0 radical (unpaired) electrons. The molecular weight excluding hydrogens is 701 g/mol. The lowest BCUT2D eigenvalue weighted by Gasteiger charge is -2.07. The van der Waals surface area contributed by atoms with Gasteiger partial charge in [-0.05, 0) is 32.1 Å².